The van der Waals surface area contributed by atoms with Crippen LogP contribution in [0.25, 0.3) is 16.9 Å². The Kier molecular flexibility index (Phi) is 2.78. The molecule has 3 rings (SSSR count). The highest BCUT2D eigenvalue weighted by atomic mass is 35.5. The molecule has 0 N–H and O–H groups in total. The van der Waals surface area contributed by atoms with Crippen molar-refractivity contribution in [3.05, 3.63) is 41.6 Å². The van der Waals surface area contributed by atoms with E-state index >= 15 is 0 Å². The molecule has 98 valence electrons. The number of halogens is 2. The Labute approximate surface area is 114 Å². The van der Waals surface area contributed by atoms with Crippen molar-refractivity contribution in [2.24, 2.45) is 7.05 Å². The smallest absolute Gasteiger partial charge is 0.160 e. The van der Waals surface area contributed by atoms with Crippen molar-refractivity contribution in [1.29, 1.82) is 0 Å². The minimum Gasteiger partial charge on any atom is -0.278 e. The molecule has 0 amide bonds. The summed E-state index contributed by atoms with van der Waals surface area (Å²) >= 11 is 5.91. The topological polar surface area (TPSA) is 35.6 Å². The van der Waals surface area contributed by atoms with E-state index in [9.17, 15) is 4.39 Å². The van der Waals surface area contributed by atoms with Gasteiger partial charge in [0.25, 0.3) is 0 Å². The zero-order chi connectivity index (χ0) is 13.6. The monoisotopic (exact) mass is 278 g/mol. The lowest BCUT2D eigenvalue weighted by molar-refractivity contribution is 0.637. The van der Waals surface area contributed by atoms with E-state index in [1.807, 2.05) is 26.1 Å². The standard InChI is InChI=1S/C13H12ClFN4/c1-8-6-11(17-18(8)2)19-10-5-3-4-9(15)13(10)16-12(19)7-14/h3-6H,7H2,1-2H3. The van der Waals surface area contributed by atoms with Crippen LogP contribution in [0.3, 0.4) is 0 Å². The molecule has 0 saturated heterocycles. The van der Waals surface area contributed by atoms with Crippen molar-refractivity contribution in [1.82, 2.24) is 19.3 Å². The molecule has 6 heteroatoms. The van der Waals surface area contributed by atoms with E-state index in [-0.39, 0.29) is 11.7 Å². The van der Waals surface area contributed by atoms with Gasteiger partial charge in [0.1, 0.15) is 11.3 Å². The first kappa shape index (κ1) is 12.2. The second-order valence-corrected chi connectivity index (χ2v) is 4.64. The molecule has 0 aliphatic rings. The Morgan fingerprint density at radius 3 is 2.79 bits per heavy atom. The van der Waals surface area contributed by atoms with Gasteiger partial charge in [-0.15, -0.1) is 11.6 Å². The predicted molar refractivity (Wildman–Crippen MR) is 72.1 cm³/mol. The van der Waals surface area contributed by atoms with Gasteiger partial charge in [0.15, 0.2) is 11.6 Å². The molecule has 0 aliphatic heterocycles. The molecule has 4 nitrogen and oxygen atoms in total. The van der Waals surface area contributed by atoms with E-state index in [0.29, 0.717) is 22.7 Å². The first-order chi connectivity index (χ1) is 9.11. The highest BCUT2D eigenvalue weighted by Crippen LogP contribution is 2.24. The average molecular weight is 279 g/mol. The van der Waals surface area contributed by atoms with Gasteiger partial charge in [0, 0.05) is 18.8 Å². The number of aromatic nitrogens is 4. The van der Waals surface area contributed by atoms with Gasteiger partial charge in [-0.05, 0) is 19.1 Å². The predicted octanol–water partition coefficient (Wildman–Crippen LogP) is 2.95. The second kappa shape index (κ2) is 4.35. The molecule has 0 unspecified atom stereocenters. The van der Waals surface area contributed by atoms with Crippen molar-refractivity contribution in [3.63, 3.8) is 0 Å². The lowest BCUT2D eigenvalue weighted by atomic mass is 10.3. The summed E-state index contributed by atoms with van der Waals surface area (Å²) in [6, 6.07) is 6.78. The second-order valence-electron chi connectivity index (χ2n) is 4.37. The van der Waals surface area contributed by atoms with Gasteiger partial charge < -0.3 is 0 Å². The number of nitrogens with zero attached hydrogens (tertiary/aromatic N) is 4. The number of hydrogen-bond donors (Lipinski definition) is 0. The van der Waals surface area contributed by atoms with Gasteiger partial charge in [-0.3, -0.25) is 9.25 Å². The number of imidazole rings is 1. The normalized spacial score (nSPS) is 11.4. The number of para-hydroxylation sites is 1. The molecule has 0 bridgehead atoms. The van der Waals surface area contributed by atoms with Crippen LogP contribution in [0.4, 0.5) is 4.39 Å². The third kappa shape index (κ3) is 1.81. The number of hydrogen-bond acceptors (Lipinski definition) is 2. The average Bonchev–Trinajstić information content (AvgIpc) is 2.91. The van der Waals surface area contributed by atoms with Crippen molar-refractivity contribution in [2.75, 3.05) is 0 Å². The van der Waals surface area contributed by atoms with Gasteiger partial charge >= 0.3 is 0 Å². The minimum absolute atomic E-state index is 0.198. The van der Waals surface area contributed by atoms with Gasteiger partial charge in [0.2, 0.25) is 0 Å². The van der Waals surface area contributed by atoms with Crippen molar-refractivity contribution >= 4 is 22.6 Å². The van der Waals surface area contributed by atoms with E-state index in [4.69, 9.17) is 11.6 Å². The Morgan fingerprint density at radius 2 is 2.16 bits per heavy atom. The minimum atomic E-state index is -0.352. The van der Waals surface area contributed by atoms with Crippen molar-refractivity contribution in [3.8, 4) is 5.82 Å². The van der Waals surface area contributed by atoms with Crippen LogP contribution in [0.1, 0.15) is 11.5 Å². The summed E-state index contributed by atoms with van der Waals surface area (Å²) in [4.78, 5) is 4.25. The maximum Gasteiger partial charge on any atom is 0.160 e. The quantitative estimate of drug-likeness (QED) is 0.676. The fraction of sp³-hybridized carbons (Fsp3) is 0.231. The molecule has 2 heterocycles. The highest BCUT2D eigenvalue weighted by molar-refractivity contribution is 6.17. The maximum absolute atomic E-state index is 13.8. The van der Waals surface area contributed by atoms with Crippen LogP contribution in [0, 0.1) is 12.7 Å². The maximum atomic E-state index is 13.8. The third-order valence-electron chi connectivity index (χ3n) is 3.15. The molecule has 0 aliphatic carbocycles. The van der Waals surface area contributed by atoms with E-state index in [2.05, 4.69) is 10.1 Å². The molecule has 0 spiro atoms. The zero-order valence-corrected chi connectivity index (χ0v) is 11.3. The summed E-state index contributed by atoms with van der Waals surface area (Å²) < 4.78 is 17.3. The SMILES string of the molecule is Cc1cc(-n2c(CCl)nc3c(F)cccc32)nn1C. The summed E-state index contributed by atoms with van der Waals surface area (Å²) in [5.41, 5.74) is 2.00. The summed E-state index contributed by atoms with van der Waals surface area (Å²) in [5.74, 6) is 1.13. The van der Waals surface area contributed by atoms with Crippen molar-refractivity contribution in [2.45, 2.75) is 12.8 Å². The molecule has 19 heavy (non-hydrogen) atoms. The number of rotatable bonds is 2. The Bertz CT molecular complexity index is 740. The lowest BCUT2D eigenvalue weighted by Crippen LogP contribution is -2.01. The molecule has 0 radical (unpaired) electrons. The van der Waals surface area contributed by atoms with Crippen LogP contribution in [0.2, 0.25) is 0 Å². The number of benzene rings is 1. The highest BCUT2D eigenvalue weighted by Gasteiger charge is 2.16. The van der Waals surface area contributed by atoms with Crippen LogP contribution in [0.15, 0.2) is 24.3 Å². The van der Waals surface area contributed by atoms with E-state index in [1.54, 1.807) is 15.3 Å². The van der Waals surface area contributed by atoms with Gasteiger partial charge in [-0.1, -0.05) is 6.07 Å². The summed E-state index contributed by atoms with van der Waals surface area (Å²) in [6.45, 7) is 1.95. The van der Waals surface area contributed by atoms with Crippen LogP contribution >= 0.6 is 11.6 Å². The first-order valence-electron chi connectivity index (χ1n) is 5.84. The third-order valence-corrected chi connectivity index (χ3v) is 3.39. The Balaban J connectivity index is 2.35. The molecule has 0 fully saturated rings. The zero-order valence-electron chi connectivity index (χ0n) is 10.6. The van der Waals surface area contributed by atoms with Gasteiger partial charge in [0.05, 0.1) is 11.4 Å². The molecule has 0 atom stereocenters. The van der Waals surface area contributed by atoms with Crippen LogP contribution < -0.4 is 0 Å². The molecule has 0 saturated carbocycles. The molecular formula is C13H12ClFN4. The Hall–Kier alpha value is -1.88. The van der Waals surface area contributed by atoms with E-state index in [0.717, 1.165) is 5.69 Å². The summed E-state index contributed by atoms with van der Waals surface area (Å²) in [5, 5.41) is 4.40. The number of alkyl halides is 1. The Morgan fingerprint density at radius 1 is 1.37 bits per heavy atom. The molecule has 3 aromatic rings. The summed E-state index contributed by atoms with van der Waals surface area (Å²) in [6.07, 6.45) is 0. The van der Waals surface area contributed by atoms with Gasteiger partial charge in [-0.2, -0.15) is 5.10 Å². The molecule has 2 aromatic heterocycles. The lowest BCUT2D eigenvalue weighted by Gasteiger charge is -2.03. The van der Waals surface area contributed by atoms with Crippen LogP contribution in [-0.4, -0.2) is 19.3 Å². The molecular weight excluding hydrogens is 267 g/mol. The van der Waals surface area contributed by atoms with Crippen LogP contribution in [-0.2, 0) is 12.9 Å². The molecule has 1 aromatic carbocycles. The van der Waals surface area contributed by atoms with Gasteiger partial charge in [-0.25, -0.2) is 9.37 Å². The largest absolute Gasteiger partial charge is 0.278 e. The fourth-order valence-corrected chi connectivity index (χ4v) is 2.29. The number of fused-ring (bicyclic) bond motifs is 1. The summed E-state index contributed by atoms with van der Waals surface area (Å²) in [7, 11) is 1.86. The first-order valence-corrected chi connectivity index (χ1v) is 6.38. The fourth-order valence-electron chi connectivity index (χ4n) is 2.11. The van der Waals surface area contributed by atoms with E-state index < -0.39 is 0 Å². The van der Waals surface area contributed by atoms with Crippen molar-refractivity contribution < 1.29 is 4.39 Å². The van der Waals surface area contributed by atoms with E-state index in [1.165, 1.54) is 6.07 Å². The number of aryl methyl sites for hydroxylation is 2. The van der Waals surface area contributed by atoms with Crippen LogP contribution in [0.5, 0.6) is 0 Å².